The van der Waals surface area contributed by atoms with Gasteiger partial charge >= 0.3 is 0 Å². The molecule has 0 bridgehead atoms. The van der Waals surface area contributed by atoms with Crippen molar-refractivity contribution < 1.29 is 13.2 Å². The van der Waals surface area contributed by atoms with Gasteiger partial charge in [-0.1, -0.05) is 29.8 Å². The molecule has 1 aliphatic carbocycles. The summed E-state index contributed by atoms with van der Waals surface area (Å²) < 4.78 is 23.4. The van der Waals surface area contributed by atoms with E-state index in [4.69, 9.17) is 11.6 Å². The van der Waals surface area contributed by atoms with Crippen molar-refractivity contribution in [1.29, 1.82) is 0 Å². The van der Waals surface area contributed by atoms with Gasteiger partial charge in [0.15, 0.2) is 9.84 Å². The standard InChI is InChI=1S/C15H18ClNO3S/c1-9-14(6-7-21(9,19)20)17-15(18)12-8-11(12)10-4-2-3-5-13(10)16/h2-5,9,11-12,14H,6-8H2,1H3,(H,17,18)/t9-,11-,12+,14-/m0/s1. The average Bonchev–Trinajstić information content (AvgIpc) is 3.18. The normalized spacial score (nSPS) is 33.6. The van der Waals surface area contributed by atoms with Crippen LogP contribution in [0.3, 0.4) is 0 Å². The molecule has 1 saturated heterocycles. The molecular weight excluding hydrogens is 310 g/mol. The highest BCUT2D eigenvalue weighted by atomic mass is 35.5. The van der Waals surface area contributed by atoms with E-state index in [1.165, 1.54) is 0 Å². The van der Waals surface area contributed by atoms with Crippen LogP contribution >= 0.6 is 11.6 Å². The first-order valence-electron chi connectivity index (χ1n) is 7.16. The van der Waals surface area contributed by atoms with Crippen molar-refractivity contribution in [1.82, 2.24) is 5.32 Å². The fourth-order valence-corrected chi connectivity index (χ4v) is 4.98. The van der Waals surface area contributed by atoms with Gasteiger partial charge < -0.3 is 5.32 Å². The number of amides is 1. The summed E-state index contributed by atoms with van der Waals surface area (Å²) in [6.07, 6.45) is 1.29. The number of nitrogens with one attached hydrogen (secondary N) is 1. The molecule has 1 aliphatic heterocycles. The van der Waals surface area contributed by atoms with E-state index < -0.39 is 15.1 Å². The Hall–Kier alpha value is -1.07. The molecule has 1 aromatic rings. The van der Waals surface area contributed by atoms with E-state index in [0.29, 0.717) is 11.4 Å². The van der Waals surface area contributed by atoms with Gasteiger partial charge in [0.25, 0.3) is 0 Å². The van der Waals surface area contributed by atoms with E-state index in [1.54, 1.807) is 6.92 Å². The number of hydrogen-bond donors (Lipinski definition) is 1. The third kappa shape index (κ3) is 2.81. The van der Waals surface area contributed by atoms with Crippen LogP contribution in [0.1, 0.15) is 31.2 Å². The maximum atomic E-state index is 12.3. The van der Waals surface area contributed by atoms with Crippen LogP contribution in [0.15, 0.2) is 24.3 Å². The van der Waals surface area contributed by atoms with Crippen molar-refractivity contribution in [3.63, 3.8) is 0 Å². The summed E-state index contributed by atoms with van der Waals surface area (Å²) in [5.41, 5.74) is 1.01. The molecule has 0 spiro atoms. The molecular formula is C15H18ClNO3S. The van der Waals surface area contributed by atoms with Crippen LogP contribution in [0.25, 0.3) is 0 Å². The third-order valence-electron chi connectivity index (χ3n) is 4.61. The van der Waals surface area contributed by atoms with Crippen molar-refractivity contribution in [3.05, 3.63) is 34.9 Å². The van der Waals surface area contributed by atoms with Crippen LogP contribution in [0.2, 0.25) is 5.02 Å². The highest BCUT2D eigenvalue weighted by Crippen LogP contribution is 2.49. The maximum Gasteiger partial charge on any atom is 0.224 e. The van der Waals surface area contributed by atoms with Crippen LogP contribution in [0, 0.1) is 5.92 Å². The predicted octanol–water partition coefficient (Wildman–Crippen LogP) is 2.14. The molecule has 4 atom stereocenters. The summed E-state index contributed by atoms with van der Waals surface area (Å²) in [7, 11) is -3.03. The van der Waals surface area contributed by atoms with Crippen LogP contribution in [0.4, 0.5) is 0 Å². The predicted molar refractivity (Wildman–Crippen MR) is 82.1 cm³/mol. The Morgan fingerprint density at radius 3 is 2.67 bits per heavy atom. The number of rotatable bonds is 3. The molecule has 0 aromatic heterocycles. The zero-order chi connectivity index (χ0) is 15.2. The maximum absolute atomic E-state index is 12.3. The zero-order valence-corrected chi connectivity index (χ0v) is 13.3. The fraction of sp³-hybridized carbons (Fsp3) is 0.533. The molecule has 1 N–H and O–H groups in total. The van der Waals surface area contributed by atoms with E-state index in [0.717, 1.165) is 12.0 Å². The molecule has 1 aromatic carbocycles. The Labute approximate surface area is 129 Å². The number of halogens is 1. The summed E-state index contributed by atoms with van der Waals surface area (Å²) in [4.78, 5) is 12.3. The molecule has 4 nitrogen and oxygen atoms in total. The van der Waals surface area contributed by atoms with Crippen LogP contribution in [0.5, 0.6) is 0 Å². The van der Waals surface area contributed by atoms with Crippen LogP contribution in [-0.2, 0) is 14.6 Å². The highest BCUT2D eigenvalue weighted by Gasteiger charge is 2.46. The lowest BCUT2D eigenvalue weighted by Gasteiger charge is -2.16. The Balaban J connectivity index is 1.63. The molecule has 1 heterocycles. The second-order valence-electron chi connectivity index (χ2n) is 5.95. The molecule has 114 valence electrons. The van der Waals surface area contributed by atoms with Crippen molar-refractivity contribution in [2.45, 2.75) is 37.0 Å². The van der Waals surface area contributed by atoms with E-state index in [2.05, 4.69) is 5.32 Å². The second-order valence-corrected chi connectivity index (χ2v) is 8.83. The smallest absolute Gasteiger partial charge is 0.224 e. The number of benzene rings is 1. The molecule has 2 fully saturated rings. The van der Waals surface area contributed by atoms with E-state index >= 15 is 0 Å². The minimum Gasteiger partial charge on any atom is -0.352 e. The largest absolute Gasteiger partial charge is 0.352 e. The second kappa shape index (κ2) is 5.29. The van der Waals surface area contributed by atoms with Gasteiger partial charge in [0.2, 0.25) is 5.91 Å². The van der Waals surface area contributed by atoms with Gasteiger partial charge in [0.05, 0.1) is 11.0 Å². The average molecular weight is 328 g/mol. The summed E-state index contributed by atoms with van der Waals surface area (Å²) in [5, 5.41) is 3.11. The lowest BCUT2D eigenvalue weighted by Crippen LogP contribution is -2.41. The molecule has 3 rings (SSSR count). The zero-order valence-electron chi connectivity index (χ0n) is 11.8. The summed E-state index contributed by atoms with van der Waals surface area (Å²) in [6.45, 7) is 1.67. The molecule has 0 radical (unpaired) electrons. The van der Waals surface area contributed by atoms with Crippen molar-refractivity contribution in [3.8, 4) is 0 Å². The third-order valence-corrected chi connectivity index (χ3v) is 7.22. The fourth-order valence-electron chi connectivity index (χ4n) is 3.05. The minimum absolute atomic E-state index is 0.0473. The van der Waals surface area contributed by atoms with Gasteiger partial charge in [0.1, 0.15) is 0 Å². The summed E-state index contributed by atoms with van der Waals surface area (Å²) in [5.74, 6) is 0.193. The van der Waals surface area contributed by atoms with Crippen molar-refractivity contribution in [2.24, 2.45) is 5.92 Å². The topological polar surface area (TPSA) is 63.2 Å². The lowest BCUT2D eigenvalue weighted by atomic mass is 10.1. The quantitative estimate of drug-likeness (QED) is 0.925. The SMILES string of the molecule is C[C@H]1[C@@H](NC(=O)[C@@H]2C[C@H]2c2ccccc2Cl)CCS1(=O)=O. The molecule has 0 unspecified atom stereocenters. The van der Waals surface area contributed by atoms with Gasteiger partial charge in [-0.2, -0.15) is 0 Å². The van der Waals surface area contributed by atoms with E-state index in [-0.39, 0.29) is 29.5 Å². The van der Waals surface area contributed by atoms with E-state index in [1.807, 2.05) is 24.3 Å². The first-order valence-corrected chi connectivity index (χ1v) is 9.26. The Morgan fingerprint density at radius 1 is 1.33 bits per heavy atom. The monoisotopic (exact) mass is 327 g/mol. The van der Waals surface area contributed by atoms with Gasteiger partial charge in [-0.15, -0.1) is 0 Å². The number of carbonyl (C=O) groups excluding carboxylic acids is 1. The van der Waals surface area contributed by atoms with Gasteiger partial charge in [-0.3, -0.25) is 4.79 Å². The molecule has 2 aliphatic rings. The van der Waals surface area contributed by atoms with Gasteiger partial charge in [-0.05, 0) is 37.3 Å². The molecule has 21 heavy (non-hydrogen) atoms. The molecule has 6 heteroatoms. The molecule has 1 amide bonds. The Morgan fingerprint density at radius 2 is 2.05 bits per heavy atom. The summed E-state index contributed by atoms with van der Waals surface area (Å²) >= 11 is 6.15. The molecule has 1 saturated carbocycles. The van der Waals surface area contributed by atoms with Crippen LogP contribution < -0.4 is 5.32 Å². The van der Waals surface area contributed by atoms with Crippen molar-refractivity contribution in [2.75, 3.05) is 5.75 Å². The summed E-state index contributed by atoms with van der Waals surface area (Å²) in [6, 6.07) is 7.31. The number of sulfone groups is 1. The first kappa shape index (κ1) is 14.9. The minimum atomic E-state index is -3.03. The number of hydrogen-bond acceptors (Lipinski definition) is 3. The number of carbonyl (C=O) groups is 1. The Bertz CT molecular complexity index is 673. The van der Waals surface area contributed by atoms with Gasteiger partial charge in [-0.25, -0.2) is 8.42 Å². The highest BCUT2D eigenvalue weighted by molar-refractivity contribution is 7.92. The Kier molecular flexibility index (Phi) is 3.74. The van der Waals surface area contributed by atoms with Gasteiger partial charge in [0, 0.05) is 17.0 Å². The van der Waals surface area contributed by atoms with Crippen molar-refractivity contribution >= 4 is 27.3 Å². The van der Waals surface area contributed by atoms with E-state index in [9.17, 15) is 13.2 Å². The first-order chi connectivity index (χ1) is 9.90. The van der Waals surface area contributed by atoms with Crippen LogP contribution in [-0.4, -0.2) is 31.4 Å². The lowest BCUT2D eigenvalue weighted by molar-refractivity contribution is -0.123.